The van der Waals surface area contributed by atoms with Crippen molar-refractivity contribution < 1.29 is 24.5 Å². The number of rotatable bonds is 7. The van der Waals surface area contributed by atoms with Crippen LogP contribution in [0.25, 0.3) is 55.6 Å². The van der Waals surface area contributed by atoms with Gasteiger partial charge in [0.15, 0.2) is 0 Å². The number of nitrogens with zero attached hydrogens (tertiary/aromatic N) is 2. The number of furan rings is 1. The molecule has 3 fully saturated rings. The molecule has 301 valence electrons. The second-order valence-electron chi connectivity index (χ2n) is 19.1. The van der Waals surface area contributed by atoms with Crippen LogP contribution in [0.15, 0.2) is 114 Å². The first-order valence-electron chi connectivity index (χ1n) is 21.2. The molecule has 4 aromatic carbocycles. The van der Waals surface area contributed by atoms with E-state index in [4.69, 9.17) is 9.40 Å². The maximum Gasteiger partial charge on any atom is 0.128 e. The molecule has 2 bridgehead atoms. The molecule has 0 saturated heterocycles. The molecule has 3 aromatic heterocycles. The van der Waals surface area contributed by atoms with E-state index in [1.807, 2.05) is 30.5 Å². The number of aromatic nitrogens is 2. The largest absolute Gasteiger partial charge is 0.500 e. The normalized spacial score (nSPS) is 17.9. The van der Waals surface area contributed by atoms with E-state index in [2.05, 4.69) is 150 Å². The maximum absolute atomic E-state index is 6.50. The zero-order valence-corrected chi connectivity index (χ0v) is 39.0. The standard InChI is InChI=1S/C36H36NO.C17H22NSi.Ir/c1-36(2,3)29-21-30(26-7-5-4-6-8-26)35-32(22-29)31-20-27(13-14-34(31)38-35)33-19-24(15-16-37-33)18-28-17-23-9-11-25(28)12-10-23;1-13(2)15-11-16(14-9-7-6-8-10-14)18-12-17(15)19(3,4)5;/h4-8,14-16,19-23,25,28H,9-12,17-18H2,1-3H3;6-9,11-13H,1-5H3;/q2*-1;. The fraction of sp³-hybridized carbons (Fsp3) is 0.358. The third-order valence-electron chi connectivity index (χ3n) is 12.6. The van der Waals surface area contributed by atoms with Gasteiger partial charge in [-0.3, -0.25) is 0 Å². The average molecular weight is 959 g/mol. The van der Waals surface area contributed by atoms with E-state index in [-0.39, 0.29) is 25.5 Å². The summed E-state index contributed by atoms with van der Waals surface area (Å²) in [7, 11) is -1.34. The Hall–Kier alpha value is -4.15. The van der Waals surface area contributed by atoms with Crippen LogP contribution >= 0.6 is 0 Å². The molecule has 3 aliphatic rings. The van der Waals surface area contributed by atoms with E-state index in [1.165, 1.54) is 66.0 Å². The molecule has 3 aliphatic carbocycles. The maximum atomic E-state index is 6.50. The minimum atomic E-state index is -1.34. The fourth-order valence-corrected chi connectivity index (χ4v) is 11.0. The first kappa shape index (κ1) is 42.0. The van der Waals surface area contributed by atoms with Crippen LogP contribution in [-0.2, 0) is 31.9 Å². The van der Waals surface area contributed by atoms with Crippen LogP contribution in [0.3, 0.4) is 0 Å². The van der Waals surface area contributed by atoms with Crippen molar-refractivity contribution >= 4 is 35.2 Å². The van der Waals surface area contributed by atoms with Crippen molar-refractivity contribution in [1.82, 2.24) is 9.97 Å². The number of hydrogen-bond acceptors (Lipinski definition) is 3. The van der Waals surface area contributed by atoms with Crippen molar-refractivity contribution in [2.75, 3.05) is 0 Å². The van der Waals surface area contributed by atoms with Gasteiger partial charge in [0.05, 0.1) is 13.7 Å². The molecule has 10 rings (SSSR count). The van der Waals surface area contributed by atoms with Crippen LogP contribution in [0.4, 0.5) is 0 Å². The Kier molecular flexibility index (Phi) is 12.5. The number of fused-ring (bicyclic) bond motifs is 6. The first-order valence-corrected chi connectivity index (χ1v) is 24.7. The zero-order valence-electron chi connectivity index (χ0n) is 35.6. The Morgan fingerprint density at radius 1 is 0.793 bits per heavy atom. The monoisotopic (exact) mass is 959 g/mol. The summed E-state index contributed by atoms with van der Waals surface area (Å²) in [5.41, 5.74) is 12.5. The summed E-state index contributed by atoms with van der Waals surface area (Å²) in [6.07, 6.45) is 12.5. The predicted octanol–water partition coefficient (Wildman–Crippen LogP) is 14.0. The molecule has 7 aromatic rings. The van der Waals surface area contributed by atoms with Gasteiger partial charge in [-0.2, -0.15) is 0 Å². The van der Waals surface area contributed by atoms with E-state index in [0.29, 0.717) is 5.92 Å². The third-order valence-corrected chi connectivity index (χ3v) is 14.6. The smallest absolute Gasteiger partial charge is 0.128 e. The molecule has 3 saturated carbocycles. The van der Waals surface area contributed by atoms with Gasteiger partial charge >= 0.3 is 0 Å². The molecule has 1 atom stereocenters. The van der Waals surface area contributed by atoms with Crippen LogP contribution in [0.5, 0.6) is 0 Å². The van der Waals surface area contributed by atoms with E-state index in [0.717, 1.165) is 67.8 Å². The number of pyridine rings is 2. The van der Waals surface area contributed by atoms with Gasteiger partial charge in [-0.25, -0.2) is 0 Å². The quantitative estimate of drug-likeness (QED) is 0.118. The number of benzene rings is 4. The SMILES string of the molecule is CC(C)(C)c1cc(-c2ccccc2)c2oc3c[c-]c(-c4cc(CC5CC6CCC5CC6)ccn4)cc3c2c1.CC(C)c1cc(-c2[c-]cccc2)ncc1[Si](C)(C)C.[Ir]. The van der Waals surface area contributed by atoms with Crippen LogP contribution in [0.1, 0.15) is 89.3 Å². The minimum absolute atomic E-state index is 0. The summed E-state index contributed by atoms with van der Waals surface area (Å²) in [4.78, 5) is 9.44. The molecule has 1 radical (unpaired) electrons. The van der Waals surface area contributed by atoms with Gasteiger partial charge in [-0.1, -0.05) is 126 Å². The Morgan fingerprint density at radius 3 is 2.19 bits per heavy atom. The summed E-state index contributed by atoms with van der Waals surface area (Å²) in [5.74, 6) is 3.27. The van der Waals surface area contributed by atoms with Crippen molar-refractivity contribution in [2.24, 2.45) is 17.8 Å². The third kappa shape index (κ3) is 9.03. The van der Waals surface area contributed by atoms with Gasteiger partial charge in [0.25, 0.3) is 0 Å². The predicted molar refractivity (Wildman–Crippen MR) is 243 cm³/mol. The molecule has 0 aliphatic heterocycles. The van der Waals surface area contributed by atoms with Gasteiger partial charge in [0, 0.05) is 43.4 Å². The van der Waals surface area contributed by atoms with Crippen LogP contribution < -0.4 is 5.19 Å². The summed E-state index contributed by atoms with van der Waals surface area (Å²) >= 11 is 0. The fourth-order valence-electron chi connectivity index (χ4n) is 9.33. The van der Waals surface area contributed by atoms with Crippen molar-refractivity contribution in [3.05, 3.63) is 138 Å². The second kappa shape index (κ2) is 17.2. The van der Waals surface area contributed by atoms with Gasteiger partial charge < -0.3 is 14.4 Å². The van der Waals surface area contributed by atoms with Crippen LogP contribution in [0.2, 0.25) is 19.6 Å². The number of hydrogen-bond donors (Lipinski definition) is 0. The molecule has 5 heteroatoms. The zero-order chi connectivity index (χ0) is 39.9. The molecule has 0 N–H and O–H groups in total. The molecule has 3 heterocycles. The summed E-state index contributed by atoms with van der Waals surface area (Å²) < 4.78 is 6.50. The van der Waals surface area contributed by atoms with E-state index >= 15 is 0 Å². The molecule has 3 nitrogen and oxygen atoms in total. The van der Waals surface area contributed by atoms with Crippen LogP contribution in [-0.4, -0.2) is 18.0 Å². The van der Waals surface area contributed by atoms with Gasteiger partial charge in [-0.05, 0) is 101 Å². The van der Waals surface area contributed by atoms with Crippen molar-refractivity contribution in [2.45, 2.75) is 104 Å². The Labute approximate surface area is 361 Å². The molecule has 0 spiro atoms. The van der Waals surface area contributed by atoms with E-state index in [1.54, 1.807) is 0 Å². The summed E-state index contributed by atoms with van der Waals surface area (Å²) in [6, 6.07) is 41.0. The van der Waals surface area contributed by atoms with Crippen LogP contribution in [0, 0.1) is 29.9 Å². The topological polar surface area (TPSA) is 38.9 Å². The minimum Gasteiger partial charge on any atom is -0.500 e. The average Bonchev–Trinajstić information content (AvgIpc) is 3.59. The summed E-state index contributed by atoms with van der Waals surface area (Å²) in [6.45, 7) is 18.5. The molecular weight excluding hydrogens is 901 g/mol. The van der Waals surface area contributed by atoms with Gasteiger partial charge in [-0.15, -0.1) is 59.7 Å². The second-order valence-corrected chi connectivity index (χ2v) is 24.1. The van der Waals surface area contributed by atoms with Crippen molar-refractivity contribution in [1.29, 1.82) is 0 Å². The summed E-state index contributed by atoms with van der Waals surface area (Å²) in [5, 5.41) is 3.77. The van der Waals surface area contributed by atoms with Gasteiger partial charge in [0.1, 0.15) is 5.58 Å². The Bertz CT molecular complexity index is 2480. The van der Waals surface area contributed by atoms with E-state index < -0.39 is 8.07 Å². The van der Waals surface area contributed by atoms with E-state index in [9.17, 15) is 0 Å². The Balaban J connectivity index is 0.000000217. The first-order chi connectivity index (χ1) is 27.3. The Morgan fingerprint density at radius 2 is 1.53 bits per heavy atom. The van der Waals surface area contributed by atoms with Crippen molar-refractivity contribution in [3.63, 3.8) is 0 Å². The molecule has 0 amide bonds. The molecule has 1 unspecified atom stereocenters. The van der Waals surface area contributed by atoms with Crippen molar-refractivity contribution in [3.8, 4) is 33.6 Å². The molecule has 58 heavy (non-hydrogen) atoms. The van der Waals surface area contributed by atoms with Gasteiger partial charge in [0.2, 0.25) is 0 Å². The molecular formula is C53H58IrN2OSi-2.